The van der Waals surface area contributed by atoms with Crippen molar-refractivity contribution in [1.29, 1.82) is 0 Å². The molecule has 0 aliphatic rings. The molecule has 0 aliphatic carbocycles. The molecule has 2 rings (SSSR count). The van der Waals surface area contributed by atoms with Crippen molar-refractivity contribution in [2.24, 2.45) is 0 Å². The Labute approximate surface area is 137 Å². The molecule has 124 valence electrons. The number of hydrogen-bond acceptors (Lipinski definition) is 3. The SMILES string of the molecule is Cc1n[nH]c(C)c1C(C)CC(=O)NCC(O)Cc1ccccc1. The zero-order valence-corrected chi connectivity index (χ0v) is 14.0. The first-order valence-electron chi connectivity index (χ1n) is 7.97. The third-order valence-corrected chi connectivity index (χ3v) is 4.02. The van der Waals surface area contributed by atoms with Crippen LogP contribution >= 0.6 is 0 Å². The average molecular weight is 315 g/mol. The highest BCUT2D eigenvalue weighted by molar-refractivity contribution is 5.76. The lowest BCUT2D eigenvalue weighted by molar-refractivity contribution is -0.121. The zero-order chi connectivity index (χ0) is 16.8. The van der Waals surface area contributed by atoms with Crippen LogP contribution in [0.4, 0.5) is 0 Å². The minimum atomic E-state index is -0.575. The second kappa shape index (κ2) is 7.92. The first-order chi connectivity index (χ1) is 11.0. The molecule has 2 atom stereocenters. The van der Waals surface area contributed by atoms with Crippen molar-refractivity contribution in [2.75, 3.05) is 6.54 Å². The third kappa shape index (κ3) is 4.93. The summed E-state index contributed by atoms with van der Waals surface area (Å²) in [5, 5.41) is 20.0. The number of aryl methyl sites for hydroxylation is 2. The number of rotatable bonds is 7. The van der Waals surface area contributed by atoms with E-state index in [1.807, 2.05) is 51.1 Å². The summed E-state index contributed by atoms with van der Waals surface area (Å²) >= 11 is 0. The Morgan fingerprint density at radius 3 is 2.61 bits per heavy atom. The van der Waals surface area contributed by atoms with Crippen molar-refractivity contribution < 1.29 is 9.90 Å². The molecule has 1 heterocycles. The van der Waals surface area contributed by atoms with Crippen molar-refractivity contribution in [1.82, 2.24) is 15.5 Å². The van der Waals surface area contributed by atoms with Gasteiger partial charge in [0.2, 0.25) is 5.91 Å². The lowest BCUT2D eigenvalue weighted by Crippen LogP contribution is -2.33. The number of aliphatic hydroxyl groups excluding tert-OH is 1. The fourth-order valence-electron chi connectivity index (χ4n) is 2.93. The number of hydrogen-bond donors (Lipinski definition) is 3. The molecular formula is C18H25N3O2. The molecule has 2 unspecified atom stereocenters. The van der Waals surface area contributed by atoms with Crippen LogP contribution in [-0.4, -0.2) is 33.9 Å². The zero-order valence-electron chi connectivity index (χ0n) is 14.0. The fourth-order valence-corrected chi connectivity index (χ4v) is 2.93. The Morgan fingerprint density at radius 2 is 2.00 bits per heavy atom. The van der Waals surface area contributed by atoms with Crippen molar-refractivity contribution in [3.05, 3.63) is 52.8 Å². The molecule has 0 saturated carbocycles. The van der Waals surface area contributed by atoms with Gasteiger partial charge in [0.15, 0.2) is 0 Å². The maximum atomic E-state index is 12.1. The van der Waals surface area contributed by atoms with E-state index >= 15 is 0 Å². The summed E-state index contributed by atoms with van der Waals surface area (Å²) in [6.45, 7) is 6.19. The summed E-state index contributed by atoms with van der Waals surface area (Å²) in [6, 6.07) is 9.77. The summed E-state index contributed by atoms with van der Waals surface area (Å²) in [5.41, 5.74) is 4.11. The molecule has 3 N–H and O–H groups in total. The molecule has 23 heavy (non-hydrogen) atoms. The third-order valence-electron chi connectivity index (χ3n) is 4.02. The minimum Gasteiger partial charge on any atom is -0.391 e. The van der Waals surface area contributed by atoms with Gasteiger partial charge in [0.25, 0.3) is 0 Å². The van der Waals surface area contributed by atoms with Crippen LogP contribution in [0, 0.1) is 13.8 Å². The fraction of sp³-hybridized carbons (Fsp3) is 0.444. The lowest BCUT2D eigenvalue weighted by Gasteiger charge is -2.15. The van der Waals surface area contributed by atoms with Crippen molar-refractivity contribution >= 4 is 5.91 Å². The largest absolute Gasteiger partial charge is 0.391 e. The maximum absolute atomic E-state index is 12.1. The Kier molecular flexibility index (Phi) is 5.93. The van der Waals surface area contributed by atoms with Crippen LogP contribution in [0.2, 0.25) is 0 Å². The molecule has 1 aromatic heterocycles. The van der Waals surface area contributed by atoms with Gasteiger partial charge in [-0.25, -0.2) is 0 Å². The van der Waals surface area contributed by atoms with Gasteiger partial charge >= 0.3 is 0 Å². The van der Waals surface area contributed by atoms with Gasteiger partial charge in [-0.3, -0.25) is 9.89 Å². The van der Waals surface area contributed by atoms with Gasteiger partial charge in [-0.15, -0.1) is 0 Å². The highest BCUT2D eigenvalue weighted by atomic mass is 16.3. The van der Waals surface area contributed by atoms with Gasteiger partial charge in [0.05, 0.1) is 11.8 Å². The van der Waals surface area contributed by atoms with Crippen LogP contribution in [0.1, 0.15) is 41.8 Å². The van der Waals surface area contributed by atoms with Crippen LogP contribution in [0.3, 0.4) is 0 Å². The van der Waals surface area contributed by atoms with Gasteiger partial charge in [0.1, 0.15) is 0 Å². The van der Waals surface area contributed by atoms with E-state index in [4.69, 9.17) is 0 Å². The van der Waals surface area contributed by atoms with E-state index in [1.165, 1.54) is 0 Å². The molecule has 1 amide bonds. The number of carbonyl (C=O) groups excluding carboxylic acids is 1. The molecule has 0 aliphatic heterocycles. The Bertz CT molecular complexity index is 617. The Hall–Kier alpha value is -2.14. The minimum absolute atomic E-state index is 0.0513. The average Bonchev–Trinajstić information content (AvgIpc) is 2.85. The summed E-state index contributed by atoms with van der Waals surface area (Å²) in [7, 11) is 0. The summed E-state index contributed by atoms with van der Waals surface area (Å²) in [5.74, 6) is 0.0460. The van der Waals surface area contributed by atoms with E-state index in [0.29, 0.717) is 12.8 Å². The van der Waals surface area contributed by atoms with Gasteiger partial charge in [0, 0.05) is 25.1 Å². The number of carbonyl (C=O) groups is 1. The summed E-state index contributed by atoms with van der Waals surface area (Å²) < 4.78 is 0. The predicted octanol–water partition coefficient (Wildman–Crippen LogP) is 2.24. The predicted molar refractivity (Wildman–Crippen MR) is 90.3 cm³/mol. The standard InChI is InChI=1S/C18H25N3O2/c1-12(18-13(2)20-21-14(18)3)9-17(23)19-11-16(22)10-15-7-5-4-6-8-15/h4-8,12,16,22H,9-11H2,1-3H3,(H,19,23)(H,20,21). The molecule has 0 bridgehead atoms. The first-order valence-corrected chi connectivity index (χ1v) is 7.97. The van der Waals surface area contributed by atoms with E-state index < -0.39 is 6.10 Å². The number of amides is 1. The lowest BCUT2D eigenvalue weighted by atomic mass is 9.95. The number of aliphatic hydroxyl groups is 1. The molecule has 2 aromatic rings. The molecule has 1 aromatic carbocycles. The van der Waals surface area contributed by atoms with E-state index in [1.54, 1.807) is 0 Å². The highest BCUT2D eigenvalue weighted by Crippen LogP contribution is 2.24. The second-order valence-corrected chi connectivity index (χ2v) is 6.10. The Balaban J connectivity index is 1.79. The summed E-state index contributed by atoms with van der Waals surface area (Å²) in [6.07, 6.45) is 0.352. The molecule has 0 spiro atoms. The van der Waals surface area contributed by atoms with Crippen molar-refractivity contribution in [3.63, 3.8) is 0 Å². The van der Waals surface area contributed by atoms with Crippen LogP contribution in [0.25, 0.3) is 0 Å². The smallest absolute Gasteiger partial charge is 0.220 e. The van der Waals surface area contributed by atoms with Gasteiger partial charge < -0.3 is 10.4 Å². The monoisotopic (exact) mass is 315 g/mol. The first kappa shape index (κ1) is 17.2. The number of aromatic nitrogens is 2. The molecule has 5 nitrogen and oxygen atoms in total. The second-order valence-electron chi connectivity index (χ2n) is 6.10. The number of nitrogens with one attached hydrogen (secondary N) is 2. The van der Waals surface area contributed by atoms with Gasteiger partial charge in [-0.1, -0.05) is 37.3 Å². The number of benzene rings is 1. The number of nitrogens with zero attached hydrogens (tertiary/aromatic N) is 1. The number of aromatic amines is 1. The topological polar surface area (TPSA) is 78.0 Å². The molecule has 5 heteroatoms. The number of H-pyrrole nitrogens is 1. The van der Waals surface area contributed by atoms with E-state index in [9.17, 15) is 9.90 Å². The molecule has 0 saturated heterocycles. The van der Waals surface area contributed by atoms with Crippen LogP contribution < -0.4 is 5.32 Å². The normalized spacial score (nSPS) is 13.6. The van der Waals surface area contributed by atoms with E-state index in [0.717, 1.165) is 22.5 Å². The molecule has 0 fully saturated rings. The van der Waals surface area contributed by atoms with Crippen molar-refractivity contribution in [2.45, 2.75) is 45.6 Å². The van der Waals surface area contributed by atoms with Crippen LogP contribution in [-0.2, 0) is 11.2 Å². The van der Waals surface area contributed by atoms with E-state index in [2.05, 4.69) is 15.5 Å². The van der Waals surface area contributed by atoms with Crippen molar-refractivity contribution in [3.8, 4) is 0 Å². The maximum Gasteiger partial charge on any atom is 0.220 e. The molecular weight excluding hydrogens is 290 g/mol. The Morgan fingerprint density at radius 1 is 1.30 bits per heavy atom. The summed E-state index contributed by atoms with van der Waals surface area (Å²) in [4.78, 5) is 12.1. The molecule has 0 radical (unpaired) electrons. The van der Waals surface area contributed by atoms with Gasteiger partial charge in [-0.05, 0) is 30.9 Å². The van der Waals surface area contributed by atoms with E-state index in [-0.39, 0.29) is 18.4 Å². The van der Waals surface area contributed by atoms with Gasteiger partial charge in [-0.2, -0.15) is 5.10 Å². The highest BCUT2D eigenvalue weighted by Gasteiger charge is 2.18. The quantitative estimate of drug-likeness (QED) is 0.733. The van der Waals surface area contributed by atoms with Crippen LogP contribution in [0.5, 0.6) is 0 Å². The van der Waals surface area contributed by atoms with Crippen LogP contribution in [0.15, 0.2) is 30.3 Å².